The molecule has 1 aliphatic heterocycles. The van der Waals surface area contributed by atoms with Gasteiger partial charge in [0.2, 0.25) is 15.9 Å². The first-order chi connectivity index (χ1) is 16.3. The van der Waals surface area contributed by atoms with Crippen LogP contribution in [0.3, 0.4) is 0 Å². The molecule has 2 aliphatic rings. The highest BCUT2D eigenvalue weighted by atomic mass is 32.2. The summed E-state index contributed by atoms with van der Waals surface area (Å²) in [6, 6.07) is 4.24. The fourth-order valence-corrected chi connectivity index (χ4v) is 6.13. The molecule has 2 fully saturated rings. The smallest absolute Gasteiger partial charge is 0.409 e. The van der Waals surface area contributed by atoms with Gasteiger partial charge in [-0.15, -0.1) is 0 Å². The van der Waals surface area contributed by atoms with Crippen LogP contribution in [0.2, 0.25) is 0 Å². The van der Waals surface area contributed by atoms with Crippen molar-refractivity contribution in [3.63, 3.8) is 0 Å². The fraction of sp³-hybridized carbons (Fsp3) is 0.652. The van der Waals surface area contributed by atoms with Gasteiger partial charge >= 0.3 is 6.09 Å². The van der Waals surface area contributed by atoms with Gasteiger partial charge in [-0.2, -0.15) is 4.31 Å². The third-order valence-corrected chi connectivity index (χ3v) is 8.29. The number of ether oxygens (including phenoxy) is 3. The van der Waals surface area contributed by atoms with Crippen LogP contribution in [0.4, 0.5) is 4.79 Å². The molecule has 11 heteroatoms. The van der Waals surface area contributed by atoms with Crippen molar-refractivity contribution < 1.29 is 32.2 Å². The molecular formula is C23H35N3O7S. The Morgan fingerprint density at radius 3 is 2.18 bits per heavy atom. The summed E-state index contributed by atoms with van der Waals surface area (Å²) in [5.74, 6) is 0.480. The van der Waals surface area contributed by atoms with Gasteiger partial charge in [-0.05, 0) is 31.9 Å². The van der Waals surface area contributed by atoms with Crippen LogP contribution in [0.15, 0.2) is 23.1 Å². The van der Waals surface area contributed by atoms with Crippen molar-refractivity contribution in [1.82, 2.24) is 14.1 Å². The van der Waals surface area contributed by atoms with E-state index in [1.54, 1.807) is 22.8 Å². The molecule has 3 rings (SSSR count). The summed E-state index contributed by atoms with van der Waals surface area (Å²) in [4.78, 5) is 28.4. The van der Waals surface area contributed by atoms with Gasteiger partial charge in [0.25, 0.3) is 0 Å². The number of piperazine rings is 1. The Balaban J connectivity index is 1.79. The van der Waals surface area contributed by atoms with E-state index < -0.39 is 16.1 Å². The SMILES string of the molecule is CCOC(=O)N1CCN(C(=O)CN(C2CCCCC2)S(=O)(=O)c2ccc(OC)c(OC)c2)CC1. The van der Waals surface area contributed by atoms with Gasteiger partial charge < -0.3 is 24.0 Å². The second kappa shape index (κ2) is 11.7. The Hall–Kier alpha value is -2.53. The van der Waals surface area contributed by atoms with Gasteiger partial charge in [0, 0.05) is 38.3 Å². The zero-order chi connectivity index (χ0) is 24.7. The van der Waals surface area contributed by atoms with Gasteiger partial charge in [-0.3, -0.25) is 4.79 Å². The van der Waals surface area contributed by atoms with Gasteiger partial charge in [-0.25, -0.2) is 13.2 Å². The van der Waals surface area contributed by atoms with Crippen LogP contribution in [0.5, 0.6) is 11.5 Å². The maximum absolute atomic E-state index is 13.7. The molecule has 34 heavy (non-hydrogen) atoms. The lowest BCUT2D eigenvalue weighted by Gasteiger charge is -2.37. The standard InChI is InChI=1S/C23H35N3O7S/c1-4-33-23(28)25-14-12-24(13-15-25)22(27)17-26(18-8-6-5-7-9-18)34(29,30)19-10-11-20(31-2)21(16-19)32-3/h10-11,16,18H,4-9,12-15,17H2,1-3H3. The van der Waals surface area contributed by atoms with Crippen molar-refractivity contribution in [1.29, 1.82) is 0 Å². The lowest BCUT2D eigenvalue weighted by atomic mass is 9.95. The van der Waals surface area contributed by atoms with E-state index in [1.165, 1.54) is 30.7 Å². The number of benzene rings is 1. The summed E-state index contributed by atoms with van der Waals surface area (Å²) >= 11 is 0. The number of nitrogens with zero attached hydrogens (tertiary/aromatic N) is 3. The molecule has 0 radical (unpaired) electrons. The number of amides is 2. The molecule has 1 heterocycles. The molecule has 1 saturated carbocycles. The number of carbonyl (C=O) groups excluding carboxylic acids is 2. The Labute approximate surface area is 201 Å². The summed E-state index contributed by atoms with van der Waals surface area (Å²) in [6.45, 7) is 3.20. The van der Waals surface area contributed by atoms with Gasteiger partial charge in [-0.1, -0.05) is 19.3 Å². The highest BCUT2D eigenvalue weighted by Gasteiger charge is 2.36. The van der Waals surface area contributed by atoms with Crippen LogP contribution in [0.1, 0.15) is 39.0 Å². The summed E-state index contributed by atoms with van der Waals surface area (Å²) < 4.78 is 44.4. The topological polar surface area (TPSA) is 106 Å². The first-order valence-electron chi connectivity index (χ1n) is 11.7. The lowest BCUT2D eigenvalue weighted by molar-refractivity contribution is -0.133. The van der Waals surface area contributed by atoms with E-state index in [-0.39, 0.29) is 23.4 Å². The van der Waals surface area contributed by atoms with Crippen LogP contribution < -0.4 is 9.47 Å². The van der Waals surface area contributed by atoms with Gasteiger partial charge in [0.1, 0.15) is 0 Å². The van der Waals surface area contributed by atoms with E-state index >= 15 is 0 Å². The molecule has 1 saturated heterocycles. The largest absolute Gasteiger partial charge is 0.493 e. The van der Waals surface area contributed by atoms with Crippen molar-refractivity contribution in [3.8, 4) is 11.5 Å². The van der Waals surface area contributed by atoms with E-state index in [0.717, 1.165) is 32.1 Å². The van der Waals surface area contributed by atoms with Gasteiger partial charge in [0.05, 0.1) is 32.3 Å². The first kappa shape index (κ1) is 26.1. The van der Waals surface area contributed by atoms with Gasteiger partial charge in [0.15, 0.2) is 11.5 Å². The Kier molecular flexibility index (Phi) is 9.01. The maximum atomic E-state index is 13.7. The molecule has 1 aromatic carbocycles. The van der Waals surface area contributed by atoms with Crippen LogP contribution >= 0.6 is 0 Å². The second-order valence-corrected chi connectivity index (χ2v) is 10.3. The van der Waals surface area contributed by atoms with Crippen molar-refractivity contribution in [2.24, 2.45) is 0 Å². The highest BCUT2D eigenvalue weighted by molar-refractivity contribution is 7.89. The minimum atomic E-state index is -3.96. The number of sulfonamides is 1. The minimum absolute atomic E-state index is 0.0654. The van der Waals surface area contributed by atoms with E-state index in [1.807, 2.05) is 0 Å². The number of hydrogen-bond donors (Lipinski definition) is 0. The third-order valence-electron chi connectivity index (χ3n) is 6.39. The summed E-state index contributed by atoms with van der Waals surface area (Å²) in [5.41, 5.74) is 0. The third kappa shape index (κ3) is 5.93. The minimum Gasteiger partial charge on any atom is -0.493 e. The molecule has 0 atom stereocenters. The summed E-state index contributed by atoms with van der Waals surface area (Å²) in [7, 11) is -1.02. The number of carbonyl (C=O) groups is 2. The van der Waals surface area contributed by atoms with Crippen LogP contribution in [-0.4, -0.2) is 94.1 Å². The van der Waals surface area contributed by atoms with Crippen LogP contribution in [0, 0.1) is 0 Å². The van der Waals surface area contributed by atoms with Crippen molar-refractivity contribution in [2.45, 2.75) is 50.0 Å². The zero-order valence-electron chi connectivity index (χ0n) is 20.2. The average Bonchev–Trinajstić information content (AvgIpc) is 2.87. The summed E-state index contributed by atoms with van der Waals surface area (Å²) in [5, 5.41) is 0. The Bertz CT molecular complexity index is 955. The van der Waals surface area contributed by atoms with E-state index in [2.05, 4.69) is 0 Å². The molecule has 0 unspecified atom stereocenters. The lowest BCUT2D eigenvalue weighted by Crippen LogP contribution is -2.54. The molecular weight excluding hydrogens is 462 g/mol. The number of hydrogen-bond acceptors (Lipinski definition) is 7. The van der Waals surface area contributed by atoms with E-state index in [0.29, 0.717) is 44.3 Å². The molecule has 0 aromatic heterocycles. The second-order valence-electron chi connectivity index (χ2n) is 8.43. The van der Waals surface area contributed by atoms with Crippen LogP contribution in [0.25, 0.3) is 0 Å². The van der Waals surface area contributed by atoms with Crippen molar-refractivity contribution >= 4 is 22.0 Å². The molecule has 2 amide bonds. The molecule has 1 aromatic rings. The normalized spacial score (nSPS) is 17.5. The van der Waals surface area contributed by atoms with Crippen molar-refractivity contribution in [3.05, 3.63) is 18.2 Å². The predicted molar refractivity (Wildman–Crippen MR) is 125 cm³/mol. The predicted octanol–water partition coefficient (Wildman–Crippen LogP) is 2.33. The molecule has 0 N–H and O–H groups in total. The molecule has 190 valence electrons. The van der Waals surface area contributed by atoms with Crippen molar-refractivity contribution in [2.75, 3.05) is 53.6 Å². The molecule has 1 aliphatic carbocycles. The zero-order valence-corrected chi connectivity index (χ0v) is 21.0. The Morgan fingerprint density at radius 2 is 1.59 bits per heavy atom. The molecule has 0 bridgehead atoms. The first-order valence-corrected chi connectivity index (χ1v) is 13.2. The average molecular weight is 498 g/mol. The monoisotopic (exact) mass is 497 g/mol. The number of rotatable bonds is 8. The maximum Gasteiger partial charge on any atom is 0.409 e. The van der Waals surface area contributed by atoms with Crippen LogP contribution in [-0.2, 0) is 19.6 Å². The summed E-state index contributed by atoms with van der Waals surface area (Å²) in [6.07, 6.45) is 3.95. The molecule has 0 spiro atoms. The Morgan fingerprint density at radius 1 is 0.971 bits per heavy atom. The number of methoxy groups -OCH3 is 2. The quantitative estimate of drug-likeness (QED) is 0.543. The fourth-order valence-electron chi connectivity index (χ4n) is 4.48. The van der Waals surface area contributed by atoms with E-state index in [4.69, 9.17) is 14.2 Å². The highest BCUT2D eigenvalue weighted by Crippen LogP contribution is 2.33. The molecule has 10 nitrogen and oxygen atoms in total. The van der Waals surface area contributed by atoms with E-state index in [9.17, 15) is 18.0 Å².